The van der Waals surface area contributed by atoms with Crippen molar-refractivity contribution in [2.45, 2.75) is 13.0 Å². The maximum Gasteiger partial charge on any atom is 0.417 e. The summed E-state index contributed by atoms with van der Waals surface area (Å²) in [7, 11) is 0. The molecular weight excluding hydrogens is 234 g/mol. The lowest BCUT2D eigenvalue weighted by Gasteiger charge is -2.08. The molecule has 0 aliphatic heterocycles. The molecule has 0 bridgehead atoms. The molecule has 0 saturated carbocycles. The van der Waals surface area contributed by atoms with Crippen LogP contribution in [-0.4, -0.2) is 10.1 Å². The minimum atomic E-state index is -0.871. The molecule has 0 fully saturated rings. The Morgan fingerprint density at radius 3 is 2.89 bits per heavy atom. The number of oxazole rings is 1. The number of benzene rings is 1. The average molecular weight is 245 g/mol. The zero-order valence-electron chi connectivity index (χ0n) is 9.64. The lowest BCUT2D eigenvalue weighted by Crippen LogP contribution is -1.99. The second kappa shape index (κ2) is 3.89. The minimum absolute atomic E-state index is 0.417. The van der Waals surface area contributed by atoms with Gasteiger partial charge in [0.25, 0.3) is 0 Å². The molecule has 92 valence electrons. The Bertz CT molecular complexity index is 750. The molecule has 1 aromatic carbocycles. The lowest BCUT2D eigenvalue weighted by atomic mass is 10.0. The molecule has 2 aromatic heterocycles. The quantitative estimate of drug-likeness (QED) is 0.724. The molecule has 18 heavy (non-hydrogen) atoms. The number of H-pyrrole nitrogens is 1. The summed E-state index contributed by atoms with van der Waals surface area (Å²) in [4.78, 5) is 13.6. The van der Waals surface area contributed by atoms with Gasteiger partial charge in [-0.3, -0.25) is 4.98 Å². The van der Waals surface area contributed by atoms with E-state index < -0.39 is 11.9 Å². The van der Waals surface area contributed by atoms with Crippen LogP contribution in [0.5, 0.6) is 0 Å². The summed E-state index contributed by atoms with van der Waals surface area (Å²) in [5, 5.41) is 10.2. The summed E-state index contributed by atoms with van der Waals surface area (Å²) in [5.74, 6) is -0.0157. The van der Waals surface area contributed by atoms with Crippen molar-refractivity contribution in [2.75, 3.05) is 0 Å². The molecule has 1 atom stereocenters. The summed E-state index contributed by atoms with van der Waals surface area (Å²) < 4.78 is 10.2. The van der Waals surface area contributed by atoms with Gasteiger partial charge in [0, 0.05) is 0 Å². The van der Waals surface area contributed by atoms with E-state index in [0.717, 1.165) is 5.56 Å². The Kier molecular flexibility index (Phi) is 2.34. The van der Waals surface area contributed by atoms with Crippen LogP contribution in [0.2, 0.25) is 0 Å². The number of hydrogen-bond donors (Lipinski definition) is 2. The summed E-state index contributed by atoms with van der Waals surface area (Å²) >= 11 is 0. The molecule has 1 unspecified atom stereocenters. The van der Waals surface area contributed by atoms with Crippen LogP contribution in [0.25, 0.3) is 11.1 Å². The van der Waals surface area contributed by atoms with Crippen LogP contribution in [-0.2, 0) is 0 Å². The first kappa shape index (κ1) is 10.9. The van der Waals surface area contributed by atoms with Crippen LogP contribution in [0.3, 0.4) is 0 Å². The Morgan fingerprint density at radius 2 is 2.17 bits per heavy atom. The molecule has 5 heteroatoms. The van der Waals surface area contributed by atoms with Gasteiger partial charge >= 0.3 is 5.76 Å². The van der Waals surface area contributed by atoms with Crippen molar-refractivity contribution in [1.82, 2.24) is 4.98 Å². The number of fused-ring (bicyclic) bond motifs is 1. The molecule has 2 N–H and O–H groups in total. The van der Waals surface area contributed by atoms with Gasteiger partial charge in [-0.2, -0.15) is 0 Å². The van der Waals surface area contributed by atoms with Crippen LogP contribution in [0.4, 0.5) is 0 Å². The van der Waals surface area contributed by atoms with Crippen LogP contribution < -0.4 is 5.76 Å². The number of aliphatic hydroxyl groups is 1. The van der Waals surface area contributed by atoms with Gasteiger partial charge < -0.3 is 13.9 Å². The van der Waals surface area contributed by atoms with Crippen LogP contribution in [0.15, 0.2) is 44.2 Å². The van der Waals surface area contributed by atoms with Crippen molar-refractivity contribution in [3.8, 4) is 0 Å². The Morgan fingerprint density at radius 1 is 1.33 bits per heavy atom. The fourth-order valence-corrected chi connectivity index (χ4v) is 1.95. The van der Waals surface area contributed by atoms with Crippen molar-refractivity contribution in [3.63, 3.8) is 0 Å². The fraction of sp³-hybridized carbons (Fsp3) is 0.154. The van der Waals surface area contributed by atoms with E-state index in [1.807, 2.05) is 6.92 Å². The standard InChI is InChI=1S/C13H11NO4/c1-7-4-5-17-12(7)11(15)8-2-3-9-10(6-8)18-13(16)14-9/h2-6,11,15H,1H3,(H,14,16). The summed E-state index contributed by atoms with van der Waals surface area (Å²) in [6.45, 7) is 1.86. The van der Waals surface area contributed by atoms with E-state index in [9.17, 15) is 9.90 Å². The molecule has 5 nitrogen and oxygen atoms in total. The third-order valence-corrected chi connectivity index (χ3v) is 2.91. The Balaban J connectivity index is 2.09. The van der Waals surface area contributed by atoms with Crippen molar-refractivity contribution in [3.05, 3.63) is 58.0 Å². The van der Waals surface area contributed by atoms with Crippen molar-refractivity contribution in [2.24, 2.45) is 0 Å². The number of aliphatic hydroxyl groups excluding tert-OH is 1. The topological polar surface area (TPSA) is 79.4 Å². The van der Waals surface area contributed by atoms with Gasteiger partial charge in [0.05, 0.1) is 11.8 Å². The zero-order chi connectivity index (χ0) is 12.7. The van der Waals surface area contributed by atoms with Gasteiger partial charge in [-0.25, -0.2) is 4.79 Å². The molecule has 3 rings (SSSR count). The van der Waals surface area contributed by atoms with Gasteiger partial charge in [-0.15, -0.1) is 0 Å². The number of furan rings is 1. The number of nitrogens with one attached hydrogen (secondary N) is 1. The highest BCUT2D eigenvalue weighted by molar-refractivity contribution is 5.73. The third-order valence-electron chi connectivity index (χ3n) is 2.91. The normalized spacial score (nSPS) is 13.0. The fourth-order valence-electron chi connectivity index (χ4n) is 1.95. The molecule has 2 heterocycles. The van der Waals surface area contributed by atoms with E-state index in [4.69, 9.17) is 8.83 Å². The number of aryl methyl sites for hydroxylation is 1. The third kappa shape index (κ3) is 1.65. The van der Waals surface area contributed by atoms with E-state index in [2.05, 4.69) is 4.98 Å². The number of hydrogen-bond acceptors (Lipinski definition) is 4. The lowest BCUT2D eigenvalue weighted by molar-refractivity contribution is 0.188. The van der Waals surface area contributed by atoms with Crippen molar-refractivity contribution < 1.29 is 13.9 Å². The number of aromatic amines is 1. The maximum absolute atomic E-state index is 11.0. The second-order valence-corrected chi connectivity index (χ2v) is 4.14. The molecule has 0 amide bonds. The molecule has 0 spiro atoms. The molecule has 0 aliphatic rings. The van der Waals surface area contributed by atoms with Gasteiger partial charge in [0.2, 0.25) is 0 Å². The zero-order valence-corrected chi connectivity index (χ0v) is 9.64. The number of rotatable bonds is 2. The van der Waals surface area contributed by atoms with E-state index in [1.54, 1.807) is 24.3 Å². The Hall–Kier alpha value is -2.27. The first-order chi connectivity index (χ1) is 8.65. The van der Waals surface area contributed by atoms with Gasteiger partial charge in [-0.1, -0.05) is 6.07 Å². The summed E-state index contributed by atoms with van der Waals surface area (Å²) in [6.07, 6.45) is 0.660. The smallest absolute Gasteiger partial charge is 0.417 e. The van der Waals surface area contributed by atoms with E-state index >= 15 is 0 Å². The molecule has 0 saturated heterocycles. The van der Waals surface area contributed by atoms with E-state index in [-0.39, 0.29) is 0 Å². The largest absolute Gasteiger partial charge is 0.466 e. The average Bonchev–Trinajstić information content (AvgIpc) is 2.91. The minimum Gasteiger partial charge on any atom is -0.466 e. The monoisotopic (exact) mass is 245 g/mol. The SMILES string of the molecule is Cc1ccoc1C(O)c1ccc2[nH]c(=O)oc2c1. The highest BCUT2D eigenvalue weighted by Crippen LogP contribution is 2.27. The van der Waals surface area contributed by atoms with Gasteiger partial charge in [0.1, 0.15) is 11.9 Å². The van der Waals surface area contributed by atoms with Gasteiger partial charge in [0.15, 0.2) is 5.58 Å². The predicted molar refractivity (Wildman–Crippen MR) is 64.3 cm³/mol. The highest BCUT2D eigenvalue weighted by Gasteiger charge is 2.17. The van der Waals surface area contributed by atoms with Crippen molar-refractivity contribution >= 4 is 11.1 Å². The molecule has 0 aliphatic carbocycles. The highest BCUT2D eigenvalue weighted by atomic mass is 16.4. The van der Waals surface area contributed by atoms with E-state index in [1.165, 1.54) is 6.26 Å². The Labute approximate surface area is 102 Å². The first-order valence-electron chi connectivity index (χ1n) is 5.50. The molecule has 3 aromatic rings. The van der Waals surface area contributed by atoms with Gasteiger partial charge in [-0.05, 0) is 36.2 Å². The second-order valence-electron chi connectivity index (χ2n) is 4.14. The maximum atomic E-state index is 11.0. The molecule has 0 radical (unpaired) electrons. The van der Waals surface area contributed by atoms with Crippen molar-refractivity contribution in [1.29, 1.82) is 0 Å². The summed E-state index contributed by atoms with van der Waals surface area (Å²) in [5.41, 5.74) is 2.51. The van der Waals surface area contributed by atoms with Crippen LogP contribution in [0.1, 0.15) is 23.0 Å². The van der Waals surface area contributed by atoms with Crippen LogP contribution >= 0.6 is 0 Å². The first-order valence-corrected chi connectivity index (χ1v) is 5.50. The van der Waals surface area contributed by atoms with E-state index in [0.29, 0.717) is 22.4 Å². The number of aromatic nitrogens is 1. The summed E-state index contributed by atoms with van der Waals surface area (Å²) in [6, 6.07) is 6.82. The molecular formula is C13H11NO4. The van der Waals surface area contributed by atoms with Crippen LogP contribution in [0, 0.1) is 6.92 Å². The predicted octanol–water partition coefficient (Wildman–Crippen LogP) is 2.10.